The van der Waals surface area contributed by atoms with Crippen LogP contribution >= 0.6 is 28.1 Å². The maximum absolute atomic E-state index is 11.8. The minimum Gasteiger partial charge on any atom is -0.483 e. The SMILES string of the molecule is CCc1ccc(OCC(=O)NC(=S)NNC(=O)C2CC2)c(Br)c1. The van der Waals surface area contributed by atoms with Gasteiger partial charge in [0.1, 0.15) is 5.75 Å². The monoisotopic (exact) mass is 399 g/mol. The van der Waals surface area contributed by atoms with Gasteiger partial charge in [0.15, 0.2) is 11.7 Å². The molecule has 2 rings (SSSR count). The smallest absolute Gasteiger partial charge is 0.264 e. The molecule has 0 radical (unpaired) electrons. The van der Waals surface area contributed by atoms with Gasteiger partial charge >= 0.3 is 0 Å². The van der Waals surface area contributed by atoms with Crippen LogP contribution in [0.4, 0.5) is 0 Å². The second-order valence-corrected chi connectivity index (χ2v) is 6.44. The fourth-order valence-electron chi connectivity index (χ4n) is 1.78. The zero-order chi connectivity index (χ0) is 16.8. The summed E-state index contributed by atoms with van der Waals surface area (Å²) in [4.78, 5) is 23.2. The standard InChI is InChI=1S/C15H18BrN3O3S/c1-2-9-3-6-12(11(16)7-9)22-8-13(20)17-15(23)19-18-14(21)10-4-5-10/h3,6-7,10H,2,4-5,8H2,1H3,(H,18,21)(H2,17,19,20,23). The number of carbonyl (C=O) groups excluding carboxylic acids is 2. The molecule has 0 aromatic heterocycles. The van der Waals surface area contributed by atoms with Crippen LogP contribution in [0.5, 0.6) is 5.75 Å². The molecule has 0 saturated heterocycles. The first kappa shape index (κ1) is 17.7. The van der Waals surface area contributed by atoms with E-state index in [0.717, 1.165) is 23.7 Å². The van der Waals surface area contributed by atoms with Crippen LogP contribution in [0.2, 0.25) is 0 Å². The summed E-state index contributed by atoms with van der Waals surface area (Å²) in [6.07, 6.45) is 2.71. The molecule has 2 amide bonds. The zero-order valence-corrected chi connectivity index (χ0v) is 15.1. The molecule has 1 aliphatic carbocycles. The maximum atomic E-state index is 11.8. The van der Waals surface area contributed by atoms with Crippen LogP contribution < -0.4 is 20.9 Å². The lowest BCUT2D eigenvalue weighted by Gasteiger charge is -2.12. The first-order chi connectivity index (χ1) is 11.0. The van der Waals surface area contributed by atoms with Crippen molar-refractivity contribution in [1.29, 1.82) is 0 Å². The summed E-state index contributed by atoms with van der Waals surface area (Å²) in [5.41, 5.74) is 6.12. The summed E-state index contributed by atoms with van der Waals surface area (Å²) < 4.78 is 6.23. The largest absolute Gasteiger partial charge is 0.483 e. The van der Waals surface area contributed by atoms with Gasteiger partial charge in [0, 0.05) is 5.92 Å². The Labute approximate surface area is 148 Å². The number of nitrogens with one attached hydrogen (secondary N) is 3. The number of carbonyl (C=O) groups is 2. The van der Waals surface area contributed by atoms with E-state index in [1.165, 1.54) is 5.56 Å². The van der Waals surface area contributed by atoms with Crippen LogP contribution in [-0.4, -0.2) is 23.5 Å². The third-order valence-electron chi connectivity index (χ3n) is 3.26. The molecule has 6 nitrogen and oxygen atoms in total. The molecule has 0 heterocycles. The highest BCUT2D eigenvalue weighted by Crippen LogP contribution is 2.28. The van der Waals surface area contributed by atoms with Crippen molar-refractivity contribution in [2.75, 3.05) is 6.61 Å². The fourth-order valence-corrected chi connectivity index (χ4v) is 2.49. The Hall–Kier alpha value is -1.67. The van der Waals surface area contributed by atoms with Crippen molar-refractivity contribution in [3.05, 3.63) is 28.2 Å². The van der Waals surface area contributed by atoms with Gasteiger partial charge < -0.3 is 4.74 Å². The van der Waals surface area contributed by atoms with Gasteiger partial charge in [0.05, 0.1) is 4.47 Å². The molecule has 23 heavy (non-hydrogen) atoms. The number of ether oxygens (including phenoxy) is 1. The zero-order valence-electron chi connectivity index (χ0n) is 12.6. The van der Waals surface area contributed by atoms with E-state index < -0.39 is 5.91 Å². The number of hydrogen-bond donors (Lipinski definition) is 3. The Morgan fingerprint density at radius 1 is 1.35 bits per heavy atom. The summed E-state index contributed by atoms with van der Waals surface area (Å²) in [5.74, 6) is 0.124. The molecule has 1 aromatic carbocycles. The molecule has 0 bridgehead atoms. The second kappa shape index (κ2) is 8.26. The summed E-state index contributed by atoms with van der Waals surface area (Å²) >= 11 is 8.33. The predicted octanol–water partition coefficient (Wildman–Crippen LogP) is 1.82. The van der Waals surface area contributed by atoms with Crippen LogP contribution in [0, 0.1) is 5.92 Å². The third kappa shape index (κ3) is 5.80. The van der Waals surface area contributed by atoms with Gasteiger partial charge in [-0.15, -0.1) is 0 Å². The molecule has 3 N–H and O–H groups in total. The van der Waals surface area contributed by atoms with Crippen molar-refractivity contribution in [2.45, 2.75) is 26.2 Å². The minimum atomic E-state index is -0.408. The first-order valence-corrected chi connectivity index (χ1v) is 8.50. The number of aryl methyl sites for hydroxylation is 1. The van der Waals surface area contributed by atoms with Gasteiger partial charge in [-0.05, 0) is 65.1 Å². The van der Waals surface area contributed by atoms with E-state index in [2.05, 4.69) is 39.0 Å². The normalized spacial score (nSPS) is 13.1. The number of hydrazine groups is 1. The molecule has 0 unspecified atom stereocenters. The van der Waals surface area contributed by atoms with Gasteiger partial charge in [0.2, 0.25) is 5.91 Å². The van der Waals surface area contributed by atoms with Gasteiger partial charge in [-0.1, -0.05) is 13.0 Å². The van der Waals surface area contributed by atoms with Crippen LogP contribution in [0.1, 0.15) is 25.3 Å². The lowest BCUT2D eigenvalue weighted by Crippen LogP contribution is -2.49. The van der Waals surface area contributed by atoms with Crippen molar-refractivity contribution < 1.29 is 14.3 Å². The van der Waals surface area contributed by atoms with Gasteiger partial charge in [-0.25, -0.2) is 0 Å². The molecule has 1 saturated carbocycles. The Bertz CT molecular complexity index is 620. The van der Waals surface area contributed by atoms with Crippen molar-refractivity contribution >= 4 is 45.1 Å². The van der Waals surface area contributed by atoms with E-state index in [-0.39, 0.29) is 23.5 Å². The van der Waals surface area contributed by atoms with Crippen LogP contribution in [0.25, 0.3) is 0 Å². The number of thiocarbonyl (C=S) groups is 1. The average Bonchev–Trinajstić information content (AvgIpc) is 3.36. The molecule has 1 aromatic rings. The van der Waals surface area contributed by atoms with E-state index in [1.54, 1.807) is 0 Å². The first-order valence-electron chi connectivity index (χ1n) is 7.30. The number of rotatable bonds is 5. The molecular weight excluding hydrogens is 382 g/mol. The van der Waals surface area contributed by atoms with Crippen molar-refractivity contribution in [3.8, 4) is 5.75 Å². The maximum Gasteiger partial charge on any atom is 0.264 e. The molecular formula is C15H18BrN3O3S. The van der Waals surface area contributed by atoms with Crippen molar-refractivity contribution in [1.82, 2.24) is 16.2 Å². The highest BCUT2D eigenvalue weighted by Gasteiger charge is 2.29. The molecule has 1 aliphatic rings. The molecule has 0 atom stereocenters. The van der Waals surface area contributed by atoms with Gasteiger partial charge in [0.25, 0.3) is 5.91 Å². The summed E-state index contributed by atoms with van der Waals surface area (Å²) in [5, 5.41) is 2.47. The third-order valence-corrected chi connectivity index (χ3v) is 4.09. The van der Waals surface area contributed by atoms with Gasteiger partial charge in [-0.2, -0.15) is 0 Å². The number of hydrogen-bond acceptors (Lipinski definition) is 4. The van der Waals surface area contributed by atoms with Crippen LogP contribution in [-0.2, 0) is 16.0 Å². The average molecular weight is 400 g/mol. The van der Waals surface area contributed by atoms with Crippen LogP contribution in [0.3, 0.4) is 0 Å². The summed E-state index contributed by atoms with van der Waals surface area (Å²) in [6, 6.07) is 5.70. The van der Waals surface area contributed by atoms with Gasteiger partial charge in [-0.3, -0.25) is 25.8 Å². The van der Waals surface area contributed by atoms with E-state index in [4.69, 9.17) is 17.0 Å². The quantitative estimate of drug-likeness (QED) is 0.519. The predicted molar refractivity (Wildman–Crippen MR) is 93.8 cm³/mol. The van der Waals surface area contributed by atoms with E-state index in [1.807, 2.05) is 18.2 Å². The van der Waals surface area contributed by atoms with E-state index in [9.17, 15) is 9.59 Å². The Balaban J connectivity index is 1.71. The summed E-state index contributed by atoms with van der Waals surface area (Å²) in [6.45, 7) is 1.88. The van der Waals surface area contributed by atoms with E-state index in [0.29, 0.717) is 5.75 Å². The summed E-state index contributed by atoms with van der Waals surface area (Å²) in [7, 11) is 0. The fraction of sp³-hybridized carbons (Fsp3) is 0.400. The highest BCUT2D eigenvalue weighted by molar-refractivity contribution is 9.10. The molecule has 8 heteroatoms. The Morgan fingerprint density at radius 3 is 2.70 bits per heavy atom. The topological polar surface area (TPSA) is 79.5 Å². The lowest BCUT2D eigenvalue weighted by atomic mass is 10.2. The second-order valence-electron chi connectivity index (χ2n) is 5.17. The minimum absolute atomic E-state index is 0.0352. The molecule has 1 fully saturated rings. The molecule has 0 spiro atoms. The van der Waals surface area contributed by atoms with Crippen LogP contribution in [0.15, 0.2) is 22.7 Å². The number of halogens is 1. The number of benzene rings is 1. The molecule has 0 aliphatic heterocycles. The lowest BCUT2D eigenvalue weighted by molar-refractivity contribution is -0.123. The van der Waals surface area contributed by atoms with Crippen molar-refractivity contribution in [2.24, 2.45) is 5.92 Å². The number of amides is 2. The van der Waals surface area contributed by atoms with E-state index >= 15 is 0 Å². The molecule has 124 valence electrons. The Kier molecular flexibility index (Phi) is 6.35. The highest BCUT2D eigenvalue weighted by atomic mass is 79.9. The Morgan fingerprint density at radius 2 is 2.09 bits per heavy atom. The van der Waals surface area contributed by atoms with Crippen molar-refractivity contribution in [3.63, 3.8) is 0 Å².